The molecule has 1 aromatic carbocycles. The summed E-state index contributed by atoms with van der Waals surface area (Å²) in [5.74, 6) is -0.0967. The van der Waals surface area contributed by atoms with Crippen LogP contribution in [0.25, 0.3) is 0 Å². The van der Waals surface area contributed by atoms with Crippen LogP contribution in [0.4, 0.5) is 5.69 Å². The number of methoxy groups -OCH3 is 1. The van der Waals surface area contributed by atoms with E-state index in [4.69, 9.17) is 4.74 Å². The molecule has 3 rings (SSSR count). The molecule has 2 heterocycles. The summed E-state index contributed by atoms with van der Waals surface area (Å²) in [5.41, 5.74) is 0.999. The van der Waals surface area contributed by atoms with Gasteiger partial charge in [0.15, 0.2) is 0 Å². The first-order chi connectivity index (χ1) is 13.0. The largest absolute Gasteiger partial charge is 0.495 e. The fraction of sp³-hybridized carbons (Fsp3) is 0.471. The standard InChI is InChI=1S/C17H22N4O4S2/c1-3-13-16(26-20-19-13)17(22)18-12-7-8-14(25-2)15(11-12)27(23,24)21-9-5-4-6-10-21/h7-8,11H,3-6,9-10H2,1-2H3,(H,18,22). The van der Waals surface area contributed by atoms with E-state index in [-0.39, 0.29) is 16.6 Å². The minimum atomic E-state index is -3.69. The first kappa shape index (κ1) is 19.7. The summed E-state index contributed by atoms with van der Waals surface area (Å²) in [6.07, 6.45) is 3.31. The number of anilines is 1. The van der Waals surface area contributed by atoms with Crippen LogP contribution in [0.1, 0.15) is 41.6 Å². The molecular weight excluding hydrogens is 388 g/mol. The van der Waals surface area contributed by atoms with E-state index in [0.29, 0.717) is 35.8 Å². The molecule has 8 nitrogen and oxygen atoms in total. The molecule has 0 bridgehead atoms. The molecular formula is C17H22N4O4S2. The summed E-state index contributed by atoms with van der Waals surface area (Å²) in [4.78, 5) is 13.0. The van der Waals surface area contributed by atoms with E-state index in [1.54, 1.807) is 12.1 Å². The predicted octanol–water partition coefficient (Wildman–Crippen LogP) is 2.54. The first-order valence-corrected chi connectivity index (χ1v) is 11.0. The molecule has 2 aromatic rings. The SMILES string of the molecule is CCc1nnsc1C(=O)Nc1ccc(OC)c(S(=O)(=O)N2CCCCC2)c1. The molecule has 1 aliphatic heterocycles. The van der Waals surface area contributed by atoms with E-state index >= 15 is 0 Å². The third-order valence-electron chi connectivity index (χ3n) is 4.45. The smallest absolute Gasteiger partial charge is 0.269 e. The van der Waals surface area contributed by atoms with E-state index in [2.05, 4.69) is 14.9 Å². The molecule has 27 heavy (non-hydrogen) atoms. The molecule has 0 spiro atoms. The highest BCUT2D eigenvalue weighted by Crippen LogP contribution is 2.31. The van der Waals surface area contributed by atoms with Crippen LogP contribution in [0.5, 0.6) is 5.75 Å². The highest BCUT2D eigenvalue weighted by Gasteiger charge is 2.29. The summed E-state index contributed by atoms with van der Waals surface area (Å²) in [6.45, 7) is 2.88. The zero-order chi connectivity index (χ0) is 19.4. The third-order valence-corrected chi connectivity index (χ3v) is 7.14. The monoisotopic (exact) mass is 410 g/mol. The van der Waals surface area contributed by atoms with Crippen LogP contribution in [0.2, 0.25) is 0 Å². The van der Waals surface area contributed by atoms with Crippen LogP contribution in [0, 0.1) is 0 Å². The zero-order valence-corrected chi connectivity index (χ0v) is 16.9. The molecule has 0 saturated carbocycles. The Morgan fingerprint density at radius 3 is 2.70 bits per heavy atom. The number of carbonyl (C=O) groups excluding carboxylic acids is 1. The van der Waals surface area contributed by atoms with Crippen molar-refractivity contribution >= 4 is 33.2 Å². The number of ether oxygens (including phenoxy) is 1. The normalized spacial score (nSPS) is 15.5. The van der Waals surface area contributed by atoms with Gasteiger partial charge >= 0.3 is 0 Å². The van der Waals surface area contributed by atoms with E-state index in [0.717, 1.165) is 30.8 Å². The van der Waals surface area contributed by atoms with E-state index in [9.17, 15) is 13.2 Å². The van der Waals surface area contributed by atoms with Crippen LogP contribution in [-0.2, 0) is 16.4 Å². The minimum Gasteiger partial charge on any atom is -0.495 e. The van der Waals surface area contributed by atoms with Crippen molar-refractivity contribution in [1.29, 1.82) is 0 Å². The van der Waals surface area contributed by atoms with Crippen molar-refractivity contribution in [3.05, 3.63) is 28.8 Å². The van der Waals surface area contributed by atoms with Crippen molar-refractivity contribution in [3.8, 4) is 5.75 Å². The average Bonchev–Trinajstić information content (AvgIpc) is 3.17. The fourth-order valence-electron chi connectivity index (χ4n) is 3.00. The number of aromatic nitrogens is 2. The van der Waals surface area contributed by atoms with Crippen molar-refractivity contribution in [2.75, 3.05) is 25.5 Å². The van der Waals surface area contributed by atoms with Crippen molar-refractivity contribution in [3.63, 3.8) is 0 Å². The Kier molecular flexibility index (Phi) is 6.08. The van der Waals surface area contributed by atoms with Crippen molar-refractivity contribution < 1.29 is 17.9 Å². The lowest BCUT2D eigenvalue weighted by molar-refractivity contribution is 0.102. The molecule has 1 aliphatic rings. The third kappa shape index (κ3) is 4.12. The molecule has 1 fully saturated rings. The number of hydrogen-bond donors (Lipinski definition) is 1. The van der Waals surface area contributed by atoms with Gasteiger partial charge in [0.05, 0.1) is 12.8 Å². The van der Waals surface area contributed by atoms with Gasteiger partial charge in [0.1, 0.15) is 15.5 Å². The lowest BCUT2D eigenvalue weighted by atomic mass is 10.2. The maximum atomic E-state index is 13.0. The average molecular weight is 411 g/mol. The van der Waals surface area contributed by atoms with Crippen LogP contribution >= 0.6 is 11.5 Å². The zero-order valence-electron chi connectivity index (χ0n) is 15.3. The Hall–Kier alpha value is -2.04. The van der Waals surface area contributed by atoms with Crippen LogP contribution in [0.3, 0.4) is 0 Å². The number of nitrogens with zero attached hydrogens (tertiary/aromatic N) is 3. The first-order valence-electron chi connectivity index (χ1n) is 8.78. The van der Waals surface area contributed by atoms with Gasteiger partial charge in [-0.05, 0) is 49.0 Å². The summed E-state index contributed by atoms with van der Waals surface area (Å²) in [7, 11) is -2.26. The van der Waals surface area contributed by atoms with Crippen molar-refractivity contribution in [1.82, 2.24) is 13.9 Å². The maximum absolute atomic E-state index is 13.0. The Morgan fingerprint density at radius 1 is 1.30 bits per heavy atom. The summed E-state index contributed by atoms with van der Waals surface area (Å²) < 4.78 is 36.6. The Morgan fingerprint density at radius 2 is 2.04 bits per heavy atom. The Bertz CT molecular complexity index is 921. The molecule has 1 aromatic heterocycles. The number of hydrogen-bond acceptors (Lipinski definition) is 7. The van der Waals surface area contributed by atoms with Gasteiger partial charge in [0.25, 0.3) is 5.91 Å². The molecule has 0 aliphatic carbocycles. The molecule has 1 saturated heterocycles. The molecule has 10 heteroatoms. The van der Waals surface area contributed by atoms with E-state index in [1.165, 1.54) is 17.5 Å². The molecule has 0 unspecified atom stereocenters. The van der Waals surface area contributed by atoms with Crippen LogP contribution in [0.15, 0.2) is 23.1 Å². The number of amides is 1. The van der Waals surface area contributed by atoms with Crippen molar-refractivity contribution in [2.45, 2.75) is 37.5 Å². The maximum Gasteiger partial charge on any atom is 0.269 e. The lowest BCUT2D eigenvalue weighted by Gasteiger charge is -2.26. The number of nitrogens with one attached hydrogen (secondary N) is 1. The summed E-state index contributed by atoms with van der Waals surface area (Å²) in [5, 5.41) is 6.67. The molecule has 146 valence electrons. The molecule has 0 atom stereocenters. The van der Waals surface area contributed by atoms with Gasteiger partial charge < -0.3 is 10.1 Å². The highest BCUT2D eigenvalue weighted by atomic mass is 32.2. The second kappa shape index (κ2) is 8.32. The molecule has 1 N–H and O–H groups in total. The fourth-order valence-corrected chi connectivity index (χ4v) is 5.34. The summed E-state index contributed by atoms with van der Waals surface area (Å²) in [6, 6.07) is 4.62. The van der Waals surface area contributed by atoms with Gasteiger partial charge in [-0.25, -0.2) is 8.42 Å². The number of sulfonamides is 1. The van der Waals surface area contributed by atoms with Gasteiger partial charge in [0, 0.05) is 18.8 Å². The number of carbonyl (C=O) groups is 1. The Balaban J connectivity index is 1.90. The Labute approximate surface area is 162 Å². The molecule has 0 radical (unpaired) electrons. The second-order valence-corrected chi connectivity index (χ2v) is 8.85. The number of piperidine rings is 1. The highest BCUT2D eigenvalue weighted by molar-refractivity contribution is 7.89. The predicted molar refractivity (Wildman–Crippen MR) is 103 cm³/mol. The molecule has 1 amide bonds. The van der Waals surface area contributed by atoms with Crippen molar-refractivity contribution in [2.24, 2.45) is 0 Å². The summed E-state index contributed by atoms with van der Waals surface area (Å²) >= 11 is 1.02. The number of benzene rings is 1. The minimum absolute atomic E-state index is 0.0582. The van der Waals surface area contributed by atoms with Crippen LogP contribution in [-0.4, -0.2) is 48.4 Å². The van der Waals surface area contributed by atoms with Crippen LogP contribution < -0.4 is 10.1 Å². The number of aryl methyl sites for hydroxylation is 1. The van der Waals surface area contributed by atoms with Gasteiger partial charge in [-0.2, -0.15) is 4.31 Å². The topological polar surface area (TPSA) is 101 Å². The lowest BCUT2D eigenvalue weighted by Crippen LogP contribution is -2.35. The van der Waals surface area contributed by atoms with Gasteiger partial charge in [-0.15, -0.1) is 5.10 Å². The van der Waals surface area contributed by atoms with E-state index in [1.807, 2.05) is 6.92 Å². The quantitative estimate of drug-likeness (QED) is 0.785. The number of rotatable bonds is 6. The second-order valence-electron chi connectivity index (χ2n) is 6.19. The van der Waals surface area contributed by atoms with Gasteiger partial charge in [-0.1, -0.05) is 17.8 Å². The van der Waals surface area contributed by atoms with E-state index < -0.39 is 10.0 Å². The van der Waals surface area contributed by atoms with Gasteiger partial charge in [-0.3, -0.25) is 4.79 Å². The van der Waals surface area contributed by atoms with Gasteiger partial charge in [0.2, 0.25) is 10.0 Å².